The Hall–Kier alpha value is -3.61. The van der Waals surface area contributed by atoms with Gasteiger partial charge in [0.15, 0.2) is 12.2 Å². The lowest BCUT2D eigenvalue weighted by atomic mass is 10.1. The fourth-order valence-electron chi connectivity index (χ4n) is 3.35. The molecule has 7 heteroatoms. The molecule has 1 aliphatic carbocycles. The van der Waals surface area contributed by atoms with Gasteiger partial charge < -0.3 is 19.8 Å². The maximum Gasteiger partial charge on any atom is 0.314 e. The smallest absolute Gasteiger partial charge is 0.314 e. The number of oxazole rings is 1. The quantitative estimate of drug-likeness (QED) is 0.680. The maximum atomic E-state index is 12.3. The number of carbonyl (C=O) groups is 2. The highest BCUT2D eigenvalue weighted by Gasteiger charge is 2.17. The van der Waals surface area contributed by atoms with Crippen LogP contribution in [0.1, 0.15) is 17.5 Å². The lowest BCUT2D eigenvalue weighted by Crippen LogP contribution is -2.29. The molecule has 28 heavy (non-hydrogen) atoms. The van der Waals surface area contributed by atoms with E-state index in [0.717, 1.165) is 19.3 Å². The summed E-state index contributed by atoms with van der Waals surface area (Å²) in [7, 11) is 1.52. The van der Waals surface area contributed by atoms with Crippen molar-refractivity contribution in [3.05, 3.63) is 60.1 Å². The topological polar surface area (TPSA) is 93.5 Å². The molecule has 0 unspecified atom stereocenters. The first kappa shape index (κ1) is 17.8. The summed E-state index contributed by atoms with van der Waals surface area (Å²) in [6, 6.07) is 10.8. The molecule has 1 heterocycles. The number of methoxy groups -OCH3 is 1. The molecule has 0 bridgehead atoms. The van der Waals surface area contributed by atoms with E-state index in [2.05, 4.69) is 15.6 Å². The van der Waals surface area contributed by atoms with Crippen LogP contribution >= 0.6 is 0 Å². The molecule has 0 fully saturated rings. The monoisotopic (exact) mass is 377 g/mol. The van der Waals surface area contributed by atoms with Crippen LogP contribution in [0.25, 0.3) is 11.3 Å². The fraction of sp³-hybridized carbons (Fsp3) is 0.190. The summed E-state index contributed by atoms with van der Waals surface area (Å²) in [4.78, 5) is 28.4. The largest absolute Gasteiger partial charge is 0.496 e. The van der Waals surface area contributed by atoms with Gasteiger partial charge >= 0.3 is 11.8 Å². The lowest BCUT2D eigenvalue weighted by Gasteiger charge is -2.11. The van der Waals surface area contributed by atoms with Crippen molar-refractivity contribution >= 4 is 23.2 Å². The first-order valence-corrected chi connectivity index (χ1v) is 8.95. The van der Waals surface area contributed by atoms with Crippen LogP contribution in [-0.4, -0.2) is 23.9 Å². The van der Waals surface area contributed by atoms with E-state index in [4.69, 9.17) is 9.15 Å². The van der Waals surface area contributed by atoms with Gasteiger partial charge in [-0.05, 0) is 54.7 Å². The summed E-state index contributed by atoms with van der Waals surface area (Å²) in [5.74, 6) is -0.441. The molecule has 1 aromatic heterocycles. The number of aromatic nitrogens is 1. The van der Waals surface area contributed by atoms with Gasteiger partial charge in [0.1, 0.15) is 5.75 Å². The zero-order valence-electron chi connectivity index (χ0n) is 15.3. The van der Waals surface area contributed by atoms with Gasteiger partial charge in [-0.15, -0.1) is 0 Å². The van der Waals surface area contributed by atoms with Gasteiger partial charge in [-0.1, -0.05) is 6.07 Å². The average Bonchev–Trinajstić information content (AvgIpc) is 3.39. The minimum Gasteiger partial charge on any atom is -0.496 e. The summed E-state index contributed by atoms with van der Waals surface area (Å²) in [5, 5.41) is 5.23. The van der Waals surface area contributed by atoms with Crippen LogP contribution < -0.4 is 15.4 Å². The molecule has 0 atom stereocenters. The average molecular weight is 377 g/mol. The number of hydrogen-bond acceptors (Lipinski definition) is 5. The minimum absolute atomic E-state index is 0.439. The molecule has 7 nitrogen and oxygen atoms in total. The molecule has 142 valence electrons. The van der Waals surface area contributed by atoms with Crippen LogP contribution in [0.5, 0.6) is 5.75 Å². The summed E-state index contributed by atoms with van der Waals surface area (Å²) < 4.78 is 10.6. The van der Waals surface area contributed by atoms with Crippen LogP contribution in [0.2, 0.25) is 0 Å². The van der Waals surface area contributed by atoms with Gasteiger partial charge in [0.25, 0.3) is 0 Å². The molecule has 0 radical (unpaired) electrons. The van der Waals surface area contributed by atoms with E-state index in [-0.39, 0.29) is 0 Å². The predicted molar refractivity (Wildman–Crippen MR) is 104 cm³/mol. The van der Waals surface area contributed by atoms with Crippen molar-refractivity contribution in [2.75, 3.05) is 17.7 Å². The number of nitrogens with one attached hydrogen (secondary N) is 2. The van der Waals surface area contributed by atoms with Crippen LogP contribution in [0.4, 0.5) is 11.4 Å². The fourth-order valence-corrected chi connectivity index (χ4v) is 3.35. The molecule has 1 aliphatic rings. The van der Waals surface area contributed by atoms with Crippen molar-refractivity contribution in [1.29, 1.82) is 0 Å². The predicted octanol–water partition coefficient (Wildman–Crippen LogP) is 3.42. The summed E-state index contributed by atoms with van der Waals surface area (Å²) in [6.07, 6.45) is 6.09. The highest BCUT2D eigenvalue weighted by Crippen LogP contribution is 2.32. The van der Waals surface area contributed by atoms with Gasteiger partial charge in [-0.2, -0.15) is 0 Å². The second kappa shape index (κ2) is 7.56. The molecule has 0 saturated carbocycles. The molecule has 0 spiro atoms. The third kappa shape index (κ3) is 3.59. The maximum absolute atomic E-state index is 12.3. The molecule has 2 aromatic carbocycles. The van der Waals surface area contributed by atoms with Crippen molar-refractivity contribution in [3.8, 4) is 17.1 Å². The Balaban J connectivity index is 1.45. The standard InChI is InChI=1S/C21H19N3O4/c1-27-18-10-16(7-8-17(18)19-11-22-12-28-19)24-21(26)20(25)23-15-6-5-13-3-2-4-14(13)9-15/h5-12H,2-4H2,1H3,(H,23,25)(H,24,26). The highest BCUT2D eigenvalue weighted by atomic mass is 16.5. The van der Waals surface area contributed by atoms with E-state index in [1.807, 2.05) is 18.2 Å². The number of hydrogen-bond donors (Lipinski definition) is 2. The zero-order valence-corrected chi connectivity index (χ0v) is 15.3. The van der Waals surface area contributed by atoms with Crippen molar-refractivity contribution < 1.29 is 18.7 Å². The number of nitrogens with zero attached hydrogens (tertiary/aromatic N) is 1. The number of benzene rings is 2. The van der Waals surface area contributed by atoms with Crippen molar-refractivity contribution in [2.24, 2.45) is 0 Å². The van der Waals surface area contributed by atoms with E-state index in [0.29, 0.717) is 28.4 Å². The summed E-state index contributed by atoms with van der Waals surface area (Å²) in [6.45, 7) is 0. The Kier molecular flexibility index (Phi) is 4.80. The molecular weight excluding hydrogens is 358 g/mol. The number of ether oxygens (including phenoxy) is 1. The summed E-state index contributed by atoms with van der Waals surface area (Å²) >= 11 is 0. The minimum atomic E-state index is -0.755. The van der Waals surface area contributed by atoms with Gasteiger partial charge in [0.05, 0.1) is 18.9 Å². The number of carbonyl (C=O) groups excluding carboxylic acids is 2. The lowest BCUT2D eigenvalue weighted by molar-refractivity contribution is -0.132. The second-order valence-electron chi connectivity index (χ2n) is 6.53. The van der Waals surface area contributed by atoms with Crippen molar-refractivity contribution in [1.82, 2.24) is 4.98 Å². The van der Waals surface area contributed by atoms with Crippen LogP contribution in [0.3, 0.4) is 0 Å². The number of fused-ring (bicyclic) bond motifs is 1. The van der Waals surface area contributed by atoms with Crippen LogP contribution in [0.15, 0.2) is 53.4 Å². The number of amides is 2. The highest BCUT2D eigenvalue weighted by molar-refractivity contribution is 6.43. The number of rotatable bonds is 4. The molecule has 3 aromatic rings. The first-order valence-electron chi connectivity index (χ1n) is 8.95. The number of aryl methyl sites for hydroxylation is 2. The normalized spacial score (nSPS) is 12.3. The van der Waals surface area contributed by atoms with Gasteiger partial charge in [-0.3, -0.25) is 9.59 Å². The Morgan fingerprint density at radius 2 is 1.71 bits per heavy atom. The molecular formula is C21H19N3O4. The van der Waals surface area contributed by atoms with Gasteiger partial charge in [0.2, 0.25) is 0 Å². The Morgan fingerprint density at radius 1 is 1.00 bits per heavy atom. The SMILES string of the molecule is COc1cc(NC(=O)C(=O)Nc2ccc3c(c2)CCC3)ccc1-c1cnco1. The van der Waals surface area contributed by atoms with Crippen LogP contribution in [-0.2, 0) is 22.4 Å². The van der Waals surface area contributed by atoms with E-state index < -0.39 is 11.8 Å². The number of anilines is 2. The summed E-state index contributed by atoms with van der Waals surface area (Å²) in [5.41, 5.74) is 4.29. The molecule has 0 aliphatic heterocycles. The van der Waals surface area contributed by atoms with Gasteiger partial charge in [-0.25, -0.2) is 4.98 Å². The van der Waals surface area contributed by atoms with E-state index in [1.54, 1.807) is 24.4 Å². The molecule has 2 amide bonds. The van der Waals surface area contributed by atoms with E-state index in [9.17, 15) is 9.59 Å². The van der Waals surface area contributed by atoms with Crippen LogP contribution in [0, 0.1) is 0 Å². The zero-order chi connectivity index (χ0) is 19.5. The first-order chi connectivity index (χ1) is 13.6. The Bertz CT molecular complexity index is 1030. The Labute approximate surface area is 161 Å². The third-order valence-electron chi connectivity index (χ3n) is 4.72. The second-order valence-corrected chi connectivity index (χ2v) is 6.53. The van der Waals surface area contributed by atoms with E-state index >= 15 is 0 Å². The third-order valence-corrected chi connectivity index (χ3v) is 4.72. The molecule has 0 saturated heterocycles. The van der Waals surface area contributed by atoms with E-state index in [1.165, 1.54) is 24.6 Å². The van der Waals surface area contributed by atoms with Crippen molar-refractivity contribution in [3.63, 3.8) is 0 Å². The van der Waals surface area contributed by atoms with Gasteiger partial charge in [0, 0.05) is 17.4 Å². The molecule has 2 N–H and O–H groups in total. The molecule has 4 rings (SSSR count). The Morgan fingerprint density at radius 3 is 2.43 bits per heavy atom. The van der Waals surface area contributed by atoms with Crippen molar-refractivity contribution in [2.45, 2.75) is 19.3 Å².